The van der Waals surface area contributed by atoms with Gasteiger partial charge in [0.2, 0.25) is 0 Å². The molecule has 2 aromatic rings. The largest absolute Gasteiger partial charge is 0.486 e. The highest BCUT2D eigenvalue weighted by Gasteiger charge is 2.11. The summed E-state index contributed by atoms with van der Waals surface area (Å²) in [6.45, 7) is 2.41. The van der Waals surface area contributed by atoms with Crippen LogP contribution in [0.5, 0.6) is 5.75 Å². The second-order valence-corrected chi connectivity index (χ2v) is 4.37. The number of benzene rings is 1. The van der Waals surface area contributed by atoms with E-state index in [1.54, 1.807) is 6.92 Å². The van der Waals surface area contributed by atoms with Gasteiger partial charge in [-0.15, -0.1) is 0 Å². The van der Waals surface area contributed by atoms with Gasteiger partial charge in [0.05, 0.1) is 12.2 Å². The molecule has 5 heteroatoms. The number of aromatic nitrogens is 1. The Morgan fingerprint density at radius 3 is 2.75 bits per heavy atom. The molecule has 2 rings (SSSR count). The Balaban J connectivity index is 2.10. The quantitative estimate of drug-likeness (QED) is 0.625. The van der Waals surface area contributed by atoms with E-state index in [-0.39, 0.29) is 5.15 Å². The van der Waals surface area contributed by atoms with Crippen molar-refractivity contribution in [2.45, 2.75) is 13.5 Å². The summed E-state index contributed by atoms with van der Waals surface area (Å²) in [5, 5.41) is 0.217. The van der Waals surface area contributed by atoms with Crippen molar-refractivity contribution in [2.24, 2.45) is 0 Å². The highest BCUT2D eigenvalue weighted by atomic mass is 35.5. The molecule has 0 N–H and O–H groups in total. The van der Waals surface area contributed by atoms with Gasteiger partial charge in [-0.2, -0.15) is 0 Å². The summed E-state index contributed by atoms with van der Waals surface area (Å²) in [7, 11) is 0. The predicted molar refractivity (Wildman–Crippen MR) is 76.0 cm³/mol. The maximum absolute atomic E-state index is 11.6. The number of pyridine rings is 1. The Hall–Kier alpha value is -2.07. The number of hydrogen-bond donors (Lipinski definition) is 0. The first-order valence-electron chi connectivity index (χ1n) is 6.20. The third kappa shape index (κ3) is 3.71. The van der Waals surface area contributed by atoms with Crippen LogP contribution in [0.4, 0.5) is 0 Å². The number of hydrogen-bond acceptors (Lipinski definition) is 4. The lowest BCUT2D eigenvalue weighted by molar-refractivity contribution is 0.0525. The first-order valence-corrected chi connectivity index (χ1v) is 6.58. The Kier molecular flexibility index (Phi) is 4.96. The van der Waals surface area contributed by atoms with Crippen molar-refractivity contribution in [1.29, 1.82) is 0 Å². The van der Waals surface area contributed by atoms with Crippen molar-refractivity contribution < 1.29 is 14.3 Å². The third-order valence-electron chi connectivity index (χ3n) is 2.56. The zero-order chi connectivity index (χ0) is 14.4. The maximum atomic E-state index is 11.6. The monoisotopic (exact) mass is 291 g/mol. The van der Waals surface area contributed by atoms with Crippen molar-refractivity contribution in [3.05, 3.63) is 58.9 Å². The van der Waals surface area contributed by atoms with Crippen LogP contribution in [0, 0.1) is 0 Å². The zero-order valence-electron chi connectivity index (χ0n) is 11.0. The topological polar surface area (TPSA) is 48.4 Å². The van der Waals surface area contributed by atoms with Crippen LogP contribution in [0.2, 0.25) is 5.15 Å². The van der Waals surface area contributed by atoms with Gasteiger partial charge in [0.1, 0.15) is 6.61 Å². The Labute approximate surface area is 122 Å². The molecule has 0 bridgehead atoms. The molecule has 0 aliphatic heterocycles. The fourth-order valence-electron chi connectivity index (χ4n) is 1.59. The van der Waals surface area contributed by atoms with Crippen molar-refractivity contribution in [1.82, 2.24) is 4.98 Å². The van der Waals surface area contributed by atoms with E-state index in [0.717, 1.165) is 5.56 Å². The van der Waals surface area contributed by atoms with Crippen LogP contribution >= 0.6 is 11.6 Å². The van der Waals surface area contributed by atoms with Gasteiger partial charge < -0.3 is 9.47 Å². The Morgan fingerprint density at radius 2 is 2.05 bits per heavy atom. The van der Waals surface area contributed by atoms with E-state index in [4.69, 9.17) is 21.1 Å². The summed E-state index contributed by atoms with van der Waals surface area (Å²) in [6, 6.07) is 11.2. The number of esters is 1. The number of carbonyl (C=O) groups excluding carboxylic acids is 1. The normalized spacial score (nSPS) is 10.1. The Bertz CT molecular complexity index is 587. The minimum Gasteiger partial charge on any atom is -0.486 e. The van der Waals surface area contributed by atoms with Crippen molar-refractivity contribution in [3.8, 4) is 5.75 Å². The minimum absolute atomic E-state index is 0.217. The molecule has 4 nitrogen and oxygen atoms in total. The molecule has 0 atom stereocenters. The van der Waals surface area contributed by atoms with Crippen LogP contribution in [-0.4, -0.2) is 17.6 Å². The van der Waals surface area contributed by atoms with E-state index in [9.17, 15) is 4.79 Å². The molecule has 0 amide bonds. The van der Waals surface area contributed by atoms with Gasteiger partial charge in [0, 0.05) is 6.20 Å². The van der Waals surface area contributed by atoms with Gasteiger partial charge in [-0.05, 0) is 18.6 Å². The van der Waals surface area contributed by atoms with Crippen LogP contribution in [0.3, 0.4) is 0 Å². The summed E-state index contributed by atoms with van der Waals surface area (Å²) < 4.78 is 10.5. The van der Waals surface area contributed by atoms with E-state index in [1.807, 2.05) is 30.3 Å². The van der Waals surface area contributed by atoms with Gasteiger partial charge in [-0.1, -0.05) is 41.9 Å². The average Bonchev–Trinajstić information content (AvgIpc) is 2.47. The summed E-state index contributed by atoms with van der Waals surface area (Å²) in [5.41, 5.74) is 1.32. The molecule has 104 valence electrons. The Morgan fingerprint density at radius 1 is 1.30 bits per heavy atom. The molecule has 0 aliphatic carbocycles. The summed E-state index contributed by atoms with van der Waals surface area (Å²) in [6.07, 6.45) is 1.37. The molecule has 0 radical (unpaired) electrons. The summed E-state index contributed by atoms with van der Waals surface area (Å²) in [4.78, 5) is 15.6. The van der Waals surface area contributed by atoms with Crippen LogP contribution in [-0.2, 0) is 11.3 Å². The molecule has 0 spiro atoms. The smallest absolute Gasteiger partial charge is 0.339 e. The van der Waals surface area contributed by atoms with Crippen molar-refractivity contribution >= 4 is 17.6 Å². The fourth-order valence-corrected chi connectivity index (χ4v) is 1.75. The SMILES string of the molecule is CCOC(=O)c1cnc(Cl)c(OCc2ccccc2)c1. The minimum atomic E-state index is -0.443. The van der Waals surface area contributed by atoms with Gasteiger partial charge in [-0.25, -0.2) is 9.78 Å². The van der Waals surface area contributed by atoms with Gasteiger partial charge in [0.15, 0.2) is 10.9 Å². The van der Waals surface area contributed by atoms with E-state index in [1.165, 1.54) is 12.3 Å². The van der Waals surface area contributed by atoms with Gasteiger partial charge >= 0.3 is 5.97 Å². The molecule has 0 saturated heterocycles. The zero-order valence-corrected chi connectivity index (χ0v) is 11.8. The molecule has 0 aliphatic rings. The molecular formula is C15H14ClNO3. The lowest BCUT2D eigenvalue weighted by atomic mass is 10.2. The third-order valence-corrected chi connectivity index (χ3v) is 2.84. The average molecular weight is 292 g/mol. The summed E-state index contributed by atoms with van der Waals surface area (Å²) in [5.74, 6) is -0.0812. The van der Waals surface area contributed by atoms with Crippen LogP contribution < -0.4 is 4.74 Å². The molecule has 0 unspecified atom stereocenters. The molecule has 1 aromatic heterocycles. The van der Waals surface area contributed by atoms with Crippen LogP contribution in [0.25, 0.3) is 0 Å². The number of nitrogens with zero attached hydrogens (tertiary/aromatic N) is 1. The van der Waals surface area contributed by atoms with E-state index in [2.05, 4.69) is 4.98 Å². The van der Waals surface area contributed by atoms with E-state index in [0.29, 0.717) is 24.5 Å². The van der Waals surface area contributed by atoms with Crippen LogP contribution in [0.1, 0.15) is 22.8 Å². The first-order chi connectivity index (χ1) is 9.70. The second kappa shape index (κ2) is 6.91. The van der Waals surface area contributed by atoms with E-state index < -0.39 is 5.97 Å². The lowest BCUT2D eigenvalue weighted by Gasteiger charge is -2.09. The van der Waals surface area contributed by atoms with Crippen molar-refractivity contribution in [2.75, 3.05) is 6.61 Å². The first kappa shape index (κ1) is 14.3. The van der Waals surface area contributed by atoms with Crippen LogP contribution in [0.15, 0.2) is 42.6 Å². The standard InChI is InChI=1S/C15H14ClNO3/c1-2-19-15(18)12-8-13(14(16)17-9-12)20-10-11-6-4-3-5-7-11/h3-9H,2,10H2,1H3. The summed E-state index contributed by atoms with van der Waals surface area (Å²) >= 11 is 5.96. The van der Waals surface area contributed by atoms with Crippen molar-refractivity contribution in [3.63, 3.8) is 0 Å². The number of carbonyl (C=O) groups is 1. The van der Waals surface area contributed by atoms with Gasteiger partial charge in [-0.3, -0.25) is 0 Å². The highest BCUT2D eigenvalue weighted by Crippen LogP contribution is 2.24. The van der Waals surface area contributed by atoms with E-state index >= 15 is 0 Å². The number of halogens is 1. The number of ether oxygens (including phenoxy) is 2. The molecule has 1 heterocycles. The molecule has 20 heavy (non-hydrogen) atoms. The second-order valence-electron chi connectivity index (χ2n) is 4.01. The molecule has 0 saturated carbocycles. The predicted octanol–water partition coefficient (Wildman–Crippen LogP) is 3.49. The van der Waals surface area contributed by atoms with Gasteiger partial charge in [0.25, 0.3) is 0 Å². The maximum Gasteiger partial charge on any atom is 0.339 e. The molecule has 0 fully saturated rings. The molecular weight excluding hydrogens is 278 g/mol. The fraction of sp³-hybridized carbons (Fsp3) is 0.200. The number of rotatable bonds is 5. The molecule has 1 aromatic carbocycles. The lowest BCUT2D eigenvalue weighted by Crippen LogP contribution is -2.06. The highest BCUT2D eigenvalue weighted by molar-refractivity contribution is 6.30.